The molecular formula is C19H24ClN3O4S. The molecule has 0 bridgehead atoms. The van der Waals surface area contributed by atoms with Crippen LogP contribution in [-0.4, -0.2) is 47.2 Å². The van der Waals surface area contributed by atoms with E-state index in [2.05, 4.69) is 10.1 Å². The third-order valence-electron chi connectivity index (χ3n) is 5.16. The normalized spacial score (nSPS) is 18.8. The third kappa shape index (κ3) is 4.55. The number of rotatable bonds is 6. The minimum atomic E-state index is -3.78. The van der Waals surface area contributed by atoms with Crippen molar-refractivity contribution in [2.75, 3.05) is 6.54 Å². The highest BCUT2D eigenvalue weighted by atomic mass is 35.5. The number of likely N-dealkylation sites (tertiary alicyclic amines) is 1. The molecule has 0 N–H and O–H groups in total. The molecule has 0 saturated carbocycles. The van der Waals surface area contributed by atoms with E-state index in [1.165, 1.54) is 6.92 Å². The Labute approximate surface area is 170 Å². The van der Waals surface area contributed by atoms with Gasteiger partial charge in [-0.3, -0.25) is 4.79 Å². The second-order valence-corrected chi connectivity index (χ2v) is 9.82. The van der Waals surface area contributed by atoms with Crippen LogP contribution in [0.3, 0.4) is 0 Å². The number of halogens is 1. The van der Waals surface area contributed by atoms with Crippen molar-refractivity contribution >= 4 is 27.3 Å². The summed E-state index contributed by atoms with van der Waals surface area (Å²) in [4.78, 5) is 18.7. The number of benzene rings is 1. The van der Waals surface area contributed by atoms with Crippen molar-refractivity contribution in [2.45, 2.75) is 56.6 Å². The zero-order valence-corrected chi connectivity index (χ0v) is 17.5. The fourth-order valence-electron chi connectivity index (χ4n) is 3.43. The van der Waals surface area contributed by atoms with Crippen molar-refractivity contribution in [2.24, 2.45) is 0 Å². The summed E-state index contributed by atoms with van der Waals surface area (Å²) in [5, 5.41) is 3.26. The number of hydrogen-bond donors (Lipinski definition) is 0. The average Bonchev–Trinajstić information content (AvgIpc) is 3.15. The van der Waals surface area contributed by atoms with Gasteiger partial charge in [-0.15, -0.1) is 0 Å². The zero-order valence-electron chi connectivity index (χ0n) is 16.0. The number of piperidine rings is 1. The smallest absolute Gasteiger partial charge is 0.242 e. The highest BCUT2D eigenvalue weighted by Gasteiger charge is 2.36. The lowest BCUT2D eigenvalue weighted by atomic mass is 10.00. The Balaban J connectivity index is 1.72. The Morgan fingerprint density at radius 1 is 1.32 bits per heavy atom. The van der Waals surface area contributed by atoms with E-state index in [0.717, 1.165) is 25.7 Å². The van der Waals surface area contributed by atoms with Crippen LogP contribution in [0, 0.1) is 0 Å². The van der Waals surface area contributed by atoms with Crippen LogP contribution in [0.4, 0.5) is 0 Å². The molecule has 152 valence electrons. The molecule has 0 spiro atoms. The molecule has 2 atom stereocenters. The maximum Gasteiger partial charge on any atom is 0.242 e. The quantitative estimate of drug-likeness (QED) is 0.703. The van der Waals surface area contributed by atoms with Crippen LogP contribution in [0.25, 0.3) is 11.4 Å². The van der Waals surface area contributed by atoms with Crippen molar-refractivity contribution in [1.82, 2.24) is 15.0 Å². The molecule has 1 saturated heterocycles. The summed E-state index contributed by atoms with van der Waals surface area (Å²) in [6.07, 6.45) is 3.72. The summed E-state index contributed by atoms with van der Waals surface area (Å²) < 4.78 is 30.7. The highest BCUT2D eigenvalue weighted by molar-refractivity contribution is 7.92. The van der Waals surface area contributed by atoms with Crippen LogP contribution in [0.1, 0.15) is 45.4 Å². The lowest BCUT2D eigenvalue weighted by Gasteiger charge is -2.36. The van der Waals surface area contributed by atoms with Gasteiger partial charge in [0.05, 0.1) is 0 Å². The number of carbonyl (C=O) groups excluding carboxylic acids is 1. The minimum absolute atomic E-state index is 0.0321. The van der Waals surface area contributed by atoms with E-state index in [-0.39, 0.29) is 23.7 Å². The average molecular weight is 426 g/mol. The van der Waals surface area contributed by atoms with Crippen LogP contribution >= 0.6 is 11.6 Å². The molecule has 0 radical (unpaired) electrons. The first-order chi connectivity index (χ1) is 13.3. The molecule has 28 heavy (non-hydrogen) atoms. The molecule has 1 amide bonds. The van der Waals surface area contributed by atoms with Crippen molar-refractivity contribution < 1.29 is 17.7 Å². The summed E-state index contributed by atoms with van der Waals surface area (Å²) in [7, 11) is -3.78. The van der Waals surface area contributed by atoms with E-state index in [1.807, 2.05) is 6.92 Å². The second kappa shape index (κ2) is 8.61. The number of carbonyl (C=O) groups is 1. The largest absolute Gasteiger partial charge is 0.339 e. The predicted molar refractivity (Wildman–Crippen MR) is 106 cm³/mol. The molecule has 1 aromatic carbocycles. The van der Waals surface area contributed by atoms with Crippen molar-refractivity contribution in [3.63, 3.8) is 0 Å². The second-order valence-electron chi connectivity index (χ2n) is 7.06. The fraction of sp³-hybridized carbons (Fsp3) is 0.526. The number of aromatic nitrogens is 2. The van der Waals surface area contributed by atoms with Gasteiger partial charge in [0.15, 0.2) is 9.84 Å². The number of nitrogens with zero attached hydrogens (tertiary/aromatic N) is 3. The molecule has 2 heterocycles. The lowest BCUT2D eigenvalue weighted by Crippen LogP contribution is -2.49. The van der Waals surface area contributed by atoms with Gasteiger partial charge in [0.2, 0.25) is 17.6 Å². The molecule has 0 unspecified atom stereocenters. The molecule has 7 nitrogen and oxygen atoms in total. The highest BCUT2D eigenvalue weighted by Crippen LogP contribution is 2.23. The predicted octanol–water partition coefficient (Wildman–Crippen LogP) is 3.48. The monoisotopic (exact) mass is 425 g/mol. The Morgan fingerprint density at radius 3 is 2.71 bits per heavy atom. The molecule has 3 rings (SSSR count). The number of sulfone groups is 1. The van der Waals surface area contributed by atoms with Gasteiger partial charge in [0, 0.05) is 23.2 Å². The van der Waals surface area contributed by atoms with Gasteiger partial charge in [0.25, 0.3) is 0 Å². The van der Waals surface area contributed by atoms with E-state index in [9.17, 15) is 13.2 Å². The van der Waals surface area contributed by atoms with Gasteiger partial charge in [-0.2, -0.15) is 4.98 Å². The van der Waals surface area contributed by atoms with Crippen LogP contribution < -0.4 is 0 Å². The van der Waals surface area contributed by atoms with E-state index in [0.29, 0.717) is 17.1 Å². The molecule has 1 fully saturated rings. The third-order valence-corrected chi connectivity index (χ3v) is 7.34. The Hall–Kier alpha value is -1.93. The Morgan fingerprint density at radius 2 is 2.04 bits per heavy atom. The first kappa shape index (κ1) is 20.8. The van der Waals surface area contributed by atoms with Gasteiger partial charge in [-0.25, -0.2) is 8.42 Å². The van der Waals surface area contributed by atoms with Gasteiger partial charge in [0.1, 0.15) is 11.0 Å². The topological polar surface area (TPSA) is 93.4 Å². The summed E-state index contributed by atoms with van der Waals surface area (Å²) in [5.74, 6) is -0.562. The van der Waals surface area contributed by atoms with E-state index in [1.54, 1.807) is 29.2 Å². The summed E-state index contributed by atoms with van der Waals surface area (Å²) in [6.45, 7) is 4.07. The Bertz CT molecular complexity index is 927. The molecule has 1 aliphatic rings. The number of amides is 1. The zero-order chi connectivity index (χ0) is 20.3. The molecule has 1 aliphatic heterocycles. The van der Waals surface area contributed by atoms with Crippen LogP contribution in [0.5, 0.6) is 0 Å². The van der Waals surface area contributed by atoms with E-state index in [4.69, 9.17) is 16.1 Å². The van der Waals surface area contributed by atoms with Gasteiger partial charge in [-0.05, 0) is 56.9 Å². The van der Waals surface area contributed by atoms with Gasteiger partial charge >= 0.3 is 0 Å². The summed E-state index contributed by atoms with van der Waals surface area (Å²) in [6, 6.07) is 6.93. The van der Waals surface area contributed by atoms with Crippen LogP contribution in [0.15, 0.2) is 28.8 Å². The maximum atomic E-state index is 12.8. The molecule has 1 aromatic heterocycles. The molecular weight excluding hydrogens is 402 g/mol. The minimum Gasteiger partial charge on any atom is -0.339 e. The number of hydrogen-bond acceptors (Lipinski definition) is 6. The van der Waals surface area contributed by atoms with Crippen LogP contribution in [0.2, 0.25) is 5.02 Å². The SMILES string of the molecule is CC[C@H]1CCCCN1C(=O)[C@@H](C)S(=O)(=O)Cc1nc(-c2ccc(Cl)cc2)no1. The maximum absolute atomic E-state index is 12.8. The van der Waals surface area contributed by atoms with Crippen molar-refractivity contribution in [3.05, 3.63) is 35.2 Å². The van der Waals surface area contributed by atoms with E-state index >= 15 is 0 Å². The van der Waals surface area contributed by atoms with Crippen molar-refractivity contribution in [1.29, 1.82) is 0 Å². The summed E-state index contributed by atoms with van der Waals surface area (Å²) in [5.41, 5.74) is 0.667. The fourth-order valence-corrected chi connectivity index (χ4v) is 4.71. The molecule has 2 aromatic rings. The summed E-state index contributed by atoms with van der Waals surface area (Å²) >= 11 is 5.86. The standard InChI is InChI=1S/C19H24ClN3O4S/c1-3-16-6-4-5-11-23(16)19(24)13(2)28(25,26)12-17-21-18(22-27-17)14-7-9-15(20)10-8-14/h7-10,13,16H,3-6,11-12H2,1-2H3/t13-,16+/m1/s1. The van der Waals surface area contributed by atoms with Crippen molar-refractivity contribution in [3.8, 4) is 11.4 Å². The van der Waals surface area contributed by atoms with Crippen LogP contribution in [-0.2, 0) is 20.4 Å². The lowest BCUT2D eigenvalue weighted by molar-refractivity contribution is -0.134. The first-order valence-corrected chi connectivity index (χ1v) is 11.5. The first-order valence-electron chi connectivity index (χ1n) is 9.42. The van der Waals surface area contributed by atoms with E-state index < -0.39 is 20.8 Å². The molecule has 9 heteroatoms. The van der Waals surface area contributed by atoms with Gasteiger partial charge in [-0.1, -0.05) is 23.7 Å². The Kier molecular flexibility index (Phi) is 6.40. The molecule has 0 aliphatic carbocycles. The van der Waals surface area contributed by atoms with Gasteiger partial charge < -0.3 is 9.42 Å².